The van der Waals surface area contributed by atoms with Gasteiger partial charge >= 0.3 is 5.97 Å². The highest BCUT2D eigenvalue weighted by Gasteiger charge is 2.10. The molecule has 0 fully saturated rings. The summed E-state index contributed by atoms with van der Waals surface area (Å²) in [5, 5.41) is 8.62. The van der Waals surface area contributed by atoms with E-state index in [0.717, 1.165) is 32.5 Å². The molecule has 3 N–H and O–H groups in total. The summed E-state index contributed by atoms with van der Waals surface area (Å²) in [6, 6.07) is -0.689. The first kappa shape index (κ1) is 15.4. The van der Waals surface area contributed by atoms with Crippen molar-refractivity contribution in [3.8, 4) is 0 Å². The SMILES string of the molecule is CCCN(CCC)CCCC[C@H](N)C(=O)O. The molecule has 1 atom stereocenters. The van der Waals surface area contributed by atoms with Gasteiger partial charge in [-0.15, -0.1) is 0 Å². The van der Waals surface area contributed by atoms with E-state index >= 15 is 0 Å². The van der Waals surface area contributed by atoms with Gasteiger partial charge in [0.15, 0.2) is 0 Å². The molecular formula is C12H26N2O2. The van der Waals surface area contributed by atoms with Gasteiger partial charge in [-0.25, -0.2) is 0 Å². The number of aliphatic carboxylic acids is 1. The second-order valence-electron chi connectivity index (χ2n) is 4.28. The van der Waals surface area contributed by atoms with Crippen LogP contribution in [0.4, 0.5) is 0 Å². The largest absolute Gasteiger partial charge is 0.480 e. The zero-order chi connectivity index (χ0) is 12.4. The zero-order valence-electron chi connectivity index (χ0n) is 10.6. The van der Waals surface area contributed by atoms with E-state index in [1.54, 1.807) is 0 Å². The van der Waals surface area contributed by atoms with Crippen molar-refractivity contribution in [3.05, 3.63) is 0 Å². The van der Waals surface area contributed by atoms with Crippen LogP contribution < -0.4 is 5.73 Å². The average molecular weight is 230 g/mol. The topological polar surface area (TPSA) is 66.6 Å². The molecule has 0 rings (SSSR count). The van der Waals surface area contributed by atoms with E-state index in [1.807, 2.05) is 0 Å². The minimum absolute atomic E-state index is 0.585. The minimum Gasteiger partial charge on any atom is -0.480 e. The van der Waals surface area contributed by atoms with E-state index in [1.165, 1.54) is 12.8 Å². The molecule has 0 heterocycles. The van der Waals surface area contributed by atoms with Gasteiger partial charge in [0.2, 0.25) is 0 Å². The van der Waals surface area contributed by atoms with Crippen molar-refractivity contribution in [1.82, 2.24) is 4.90 Å². The van der Waals surface area contributed by atoms with E-state index in [9.17, 15) is 4.79 Å². The van der Waals surface area contributed by atoms with Crippen molar-refractivity contribution >= 4 is 5.97 Å². The summed E-state index contributed by atoms with van der Waals surface area (Å²) in [5.74, 6) is -0.890. The molecule has 0 aliphatic rings. The fraction of sp³-hybridized carbons (Fsp3) is 0.917. The van der Waals surface area contributed by atoms with Crippen LogP contribution in [0.15, 0.2) is 0 Å². The van der Waals surface area contributed by atoms with Crippen molar-refractivity contribution in [2.45, 2.75) is 52.0 Å². The maximum atomic E-state index is 10.5. The second kappa shape index (κ2) is 9.60. The van der Waals surface area contributed by atoms with Crippen LogP contribution in [0.2, 0.25) is 0 Å². The Morgan fingerprint density at radius 2 is 1.75 bits per heavy atom. The number of carboxylic acid groups (broad SMARTS) is 1. The fourth-order valence-corrected chi connectivity index (χ4v) is 1.79. The zero-order valence-corrected chi connectivity index (χ0v) is 10.6. The Hall–Kier alpha value is -0.610. The highest BCUT2D eigenvalue weighted by Crippen LogP contribution is 2.03. The van der Waals surface area contributed by atoms with Crippen LogP contribution in [-0.4, -0.2) is 41.7 Å². The van der Waals surface area contributed by atoms with Crippen molar-refractivity contribution in [3.63, 3.8) is 0 Å². The molecule has 4 nitrogen and oxygen atoms in total. The Balaban J connectivity index is 3.57. The maximum Gasteiger partial charge on any atom is 0.320 e. The molecule has 0 aliphatic heterocycles. The van der Waals surface area contributed by atoms with E-state index < -0.39 is 12.0 Å². The smallest absolute Gasteiger partial charge is 0.320 e. The molecule has 0 radical (unpaired) electrons. The van der Waals surface area contributed by atoms with E-state index in [4.69, 9.17) is 10.8 Å². The van der Waals surface area contributed by atoms with E-state index in [0.29, 0.717) is 6.42 Å². The van der Waals surface area contributed by atoms with Crippen LogP contribution in [0.25, 0.3) is 0 Å². The Morgan fingerprint density at radius 3 is 2.19 bits per heavy atom. The predicted molar refractivity (Wildman–Crippen MR) is 66.5 cm³/mol. The molecule has 0 saturated heterocycles. The molecule has 4 heteroatoms. The predicted octanol–water partition coefficient (Wildman–Crippen LogP) is 1.69. The summed E-state index contributed by atoms with van der Waals surface area (Å²) in [7, 11) is 0. The average Bonchev–Trinajstić information content (AvgIpc) is 2.24. The number of nitrogens with zero attached hydrogens (tertiary/aromatic N) is 1. The van der Waals surface area contributed by atoms with Crippen LogP contribution in [0.3, 0.4) is 0 Å². The van der Waals surface area contributed by atoms with Crippen LogP contribution in [-0.2, 0) is 4.79 Å². The lowest BCUT2D eigenvalue weighted by Crippen LogP contribution is -2.30. The van der Waals surface area contributed by atoms with Crippen LogP contribution in [0.1, 0.15) is 46.0 Å². The number of carbonyl (C=O) groups is 1. The first-order chi connectivity index (χ1) is 7.61. The molecule has 0 unspecified atom stereocenters. The van der Waals surface area contributed by atoms with Gasteiger partial charge in [0.1, 0.15) is 6.04 Å². The number of hydrogen-bond acceptors (Lipinski definition) is 3. The third kappa shape index (κ3) is 7.65. The van der Waals surface area contributed by atoms with Gasteiger partial charge in [0.25, 0.3) is 0 Å². The highest BCUT2D eigenvalue weighted by molar-refractivity contribution is 5.72. The fourth-order valence-electron chi connectivity index (χ4n) is 1.79. The van der Waals surface area contributed by atoms with Crippen LogP contribution in [0.5, 0.6) is 0 Å². The first-order valence-corrected chi connectivity index (χ1v) is 6.32. The van der Waals surface area contributed by atoms with Gasteiger partial charge in [0.05, 0.1) is 0 Å². The third-order valence-electron chi connectivity index (χ3n) is 2.64. The van der Waals surface area contributed by atoms with Crippen molar-refractivity contribution in [2.75, 3.05) is 19.6 Å². The van der Waals surface area contributed by atoms with Gasteiger partial charge in [-0.1, -0.05) is 20.3 Å². The monoisotopic (exact) mass is 230 g/mol. The molecule has 0 bridgehead atoms. The highest BCUT2D eigenvalue weighted by atomic mass is 16.4. The number of hydrogen-bond donors (Lipinski definition) is 2. The molecule has 0 saturated carbocycles. The molecule has 0 spiro atoms. The summed E-state index contributed by atoms with van der Waals surface area (Å²) in [4.78, 5) is 12.9. The van der Waals surface area contributed by atoms with Crippen molar-refractivity contribution in [2.24, 2.45) is 5.73 Å². The van der Waals surface area contributed by atoms with E-state index in [-0.39, 0.29) is 0 Å². The molecule has 0 aliphatic carbocycles. The lowest BCUT2D eigenvalue weighted by molar-refractivity contribution is -0.138. The summed E-state index contributed by atoms with van der Waals surface area (Å²) in [5.41, 5.74) is 5.44. The lowest BCUT2D eigenvalue weighted by atomic mass is 10.1. The van der Waals surface area contributed by atoms with Gasteiger partial charge in [-0.2, -0.15) is 0 Å². The Labute approximate surface area is 98.8 Å². The Morgan fingerprint density at radius 1 is 1.19 bits per heavy atom. The van der Waals surface area contributed by atoms with Gasteiger partial charge in [-0.05, 0) is 45.3 Å². The molecule has 16 heavy (non-hydrogen) atoms. The summed E-state index contributed by atoms with van der Waals surface area (Å²) < 4.78 is 0. The molecule has 0 aromatic carbocycles. The summed E-state index contributed by atoms with van der Waals surface area (Å²) in [6.45, 7) is 7.71. The Bertz CT molecular complexity index is 180. The third-order valence-corrected chi connectivity index (χ3v) is 2.64. The van der Waals surface area contributed by atoms with Crippen LogP contribution in [0, 0.1) is 0 Å². The maximum absolute atomic E-state index is 10.5. The lowest BCUT2D eigenvalue weighted by Gasteiger charge is -2.20. The standard InChI is InChI=1S/C12H26N2O2/c1-3-8-14(9-4-2)10-6-5-7-11(13)12(15)16/h11H,3-10,13H2,1-2H3,(H,15,16)/t11-/m0/s1. The van der Waals surface area contributed by atoms with Crippen molar-refractivity contribution < 1.29 is 9.90 Å². The van der Waals surface area contributed by atoms with E-state index in [2.05, 4.69) is 18.7 Å². The van der Waals surface area contributed by atoms with Gasteiger partial charge in [0, 0.05) is 0 Å². The molecule has 0 amide bonds. The normalized spacial score (nSPS) is 13.0. The van der Waals surface area contributed by atoms with Crippen LogP contribution >= 0.6 is 0 Å². The molecule has 0 aromatic rings. The second-order valence-corrected chi connectivity index (χ2v) is 4.28. The number of carboxylic acids is 1. The summed E-state index contributed by atoms with van der Waals surface area (Å²) in [6.07, 6.45) is 4.88. The molecular weight excluding hydrogens is 204 g/mol. The molecule has 96 valence electrons. The number of unbranched alkanes of at least 4 members (excludes halogenated alkanes) is 1. The van der Waals surface area contributed by atoms with Gasteiger partial charge in [-0.3, -0.25) is 4.79 Å². The number of nitrogens with two attached hydrogens (primary N) is 1. The molecule has 0 aromatic heterocycles. The van der Waals surface area contributed by atoms with Crippen molar-refractivity contribution in [1.29, 1.82) is 0 Å². The summed E-state index contributed by atoms with van der Waals surface area (Å²) >= 11 is 0. The minimum atomic E-state index is -0.890. The first-order valence-electron chi connectivity index (χ1n) is 6.32. The van der Waals surface area contributed by atoms with Gasteiger partial charge < -0.3 is 15.7 Å². The quantitative estimate of drug-likeness (QED) is 0.560. The number of rotatable bonds is 10. The Kier molecular flexibility index (Phi) is 9.24.